The van der Waals surface area contributed by atoms with Gasteiger partial charge in [0.1, 0.15) is 12.4 Å². The van der Waals surface area contributed by atoms with Gasteiger partial charge in [-0.2, -0.15) is 12.7 Å². The van der Waals surface area contributed by atoms with Crippen LogP contribution in [0, 0.1) is 6.92 Å². The summed E-state index contributed by atoms with van der Waals surface area (Å²) in [6, 6.07) is 7.55. The van der Waals surface area contributed by atoms with Crippen molar-refractivity contribution in [1.29, 1.82) is 0 Å². The zero-order chi connectivity index (χ0) is 12.2. The Balaban J connectivity index is 2.42. The van der Waals surface area contributed by atoms with Gasteiger partial charge in [0.25, 0.3) is 10.2 Å². The van der Waals surface area contributed by atoms with Crippen LogP contribution in [-0.2, 0) is 10.2 Å². The van der Waals surface area contributed by atoms with Gasteiger partial charge < -0.3 is 4.74 Å². The van der Waals surface area contributed by atoms with Crippen molar-refractivity contribution < 1.29 is 13.2 Å². The molecule has 0 aliphatic carbocycles. The number of nitrogens with zero attached hydrogens (tertiary/aromatic N) is 1. The summed E-state index contributed by atoms with van der Waals surface area (Å²) < 4.78 is 28.2. The molecule has 0 saturated heterocycles. The van der Waals surface area contributed by atoms with Crippen LogP contribution in [-0.4, -0.2) is 32.9 Å². The summed E-state index contributed by atoms with van der Waals surface area (Å²) in [7, 11) is -2.20. The zero-order valence-electron chi connectivity index (χ0n) is 9.38. The van der Waals surface area contributed by atoms with E-state index in [9.17, 15) is 8.42 Å². The van der Waals surface area contributed by atoms with Gasteiger partial charge in [0.15, 0.2) is 0 Å². The lowest BCUT2D eigenvalue weighted by molar-refractivity contribution is 0.287. The van der Waals surface area contributed by atoms with Gasteiger partial charge in [0, 0.05) is 13.6 Å². The topological polar surface area (TPSA) is 72.6 Å². The lowest BCUT2D eigenvalue weighted by atomic mass is 10.2. The van der Waals surface area contributed by atoms with Gasteiger partial charge in [-0.15, -0.1) is 0 Å². The molecule has 0 aromatic heterocycles. The van der Waals surface area contributed by atoms with Crippen LogP contribution in [0.15, 0.2) is 24.3 Å². The van der Waals surface area contributed by atoms with Crippen molar-refractivity contribution in [3.8, 4) is 5.75 Å². The third kappa shape index (κ3) is 4.18. The minimum atomic E-state index is -3.61. The smallest absolute Gasteiger partial charge is 0.276 e. The molecule has 90 valence electrons. The first kappa shape index (κ1) is 13.0. The molecule has 0 amide bonds. The summed E-state index contributed by atoms with van der Waals surface area (Å²) in [4.78, 5) is 0. The number of aryl methyl sites for hydroxylation is 1. The van der Waals surface area contributed by atoms with Crippen LogP contribution >= 0.6 is 0 Å². The molecule has 5 nitrogen and oxygen atoms in total. The molecule has 6 heteroatoms. The van der Waals surface area contributed by atoms with Crippen LogP contribution in [0.4, 0.5) is 0 Å². The van der Waals surface area contributed by atoms with Gasteiger partial charge in [0.05, 0.1) is 0 Å². The maximum Gasteiger partial charge on any atom is 0.276 e. The highest BCUT2D eigenvalue weighted by Crippen LogP contribution is 2.11. The SMILES string of the molecule is Cc1cccc(OCCN(C)S(N)(=O)=O)c1. The quantitative estimate of drug-likeness (QED) is 0.820. The highest BCUT2D eigenvalue weighted by Gasteiger charge is 2.10. The number of likely N-dealkylation sites (N-methyl/N-ethyl adjacent to an activating group) is 1. The van der Waals surface area contributed by atoms with Crippen molar-refractivity contribution in [2.45, 2.75) is 6.92 Å². The van der Waals surface area contributed by atoms with Gasteiger partial charge >= 0.3 is 0 Å². The Morgan fingerprint density at radius 1 is 1.44 bits per heavy atom. The first-order valence-corrected chi connectivity index (χ1v) is 6.33. The van der Waals surface area contributed by atoms with Crippen molar-refractivity contribution in [3.63, 3.8) is 0 Å². The number of rotatable bonds is 5. The fourth-order valence-electron chi connectivity index (χ4n) is 1.12. The summed E-state index contributed by atoms with van der Waals surface area (Å²) >= 11 is 0. The van der Waals surface area contributed by atoms with E-state index in [1.54, 1.807) is 0 Å². The second-order valence-electron chi connectivity index (χ2n) is 3.53. The van der Waals surface area contributed by atoms with E-state index in [4.69, 9.17) is 9.88 Å². The number of hydrogen-bond donors (Lipinski definition) is 1. The van der Waals surface area contributed by atoms with Crippen molar-refractivity contribution in [1.82, 2.24) is 4.31 Å². The number of hydrogen-bond acceptors (Lipinski definition) is 3. The summed E-state index contributed by atoms with van der Waals surface area (Å²) in [6.07, 6.45) is 0. The summed E-state index contributed by atoms with van der Waals surface area (Å²) in [6.45, 7) is 2.46. The molecule has 1 aromatic carbocycles. The Bertz CT molecular complexity index is 445. The normalized spacial score (nSPS) is 11.8. The summed E-state index contributed by atoms with van der Waals surface area (Å²) in [5, 5.41) is 4.93. The number of ether oxygens (including phenoxy) is 1. The molecule has 1 rings (SSSR count). The molecule has 2 N–H and O–H groups in total. The molecule has 0 radical (unpaired) electrons. The molecule has 1 aromatic rings. The van der Waals surface area contributed by atoms with Crippen LogP contribution in [0.2, 0.25) is 0 Å². The Labute approximate surface area is 96.0 Å². The van der Waals surface area contributed by atoms with Crippen molar-refractivity contribution in [2.24, 2.45) is 5.14 Å². The van der Waals surface area contributed by atoms with Gasteiger partial charge in [-0.05, 0) is 24.6 Å². The molecule has 0 aliphatic heterocycles. The summed E-state index contributed by atoms with van der Waals surface area (Å²) in [5.41, 5.74) is 1.09. The van der Waals surface area contributed by atoms with E-state index in [2.05, 4.69) is 0 Å². The molecule has 0 unspecified atom stereocenters. The van der Waals surface area contributed by atoms with Crippen LogP contribution in [0.1, 0.15) is 5.56 Å². The summed E-state index contributed by atoms with van der Waals surface area (Å²) in [5.74, 6) is 0.725. The van der Waals surface area contributed by atoms with E-state index in [0.717, 1.165) is 15.6 Å². The van der Waals surface area contributed by atoms with E-state index in [-0.39, 0.29) is 13.2 Å². The van der Waals surface area contributed by atoms with Crippen LogP contribution in [0.25, 0.3) is 0 Å². The largest absolute Gasteiger partial charge is 0.492 e. The maximum atomic E-state index is 10.9. The molecule has 0 bridgehead atoms. The third-order valence-electron chi connectivity index (χ3n) is 2.10. The third-order valence-corrected chi connectivity index (χ3v) is 3.15. The minimum absolute atomic E-state index is 0.229. The lowest BCUT2D eigenvalue weighted by Crippen LogP contribution is -2.36. The first-order valence-electron chi connectivity index (χ1n) is 4.83. The van der Waals surface area contributed by atoms with Gasteiger partial charge in [0.2, 0.25) is 0 Å². The van der Waals surface area contributed by atoms with Gasteiger partial charge in [-0.3, -0.25) is 0 Å². The second kappa shape index (κ2) is 5.29. The standard InChI is InChI=1S/C10H16N2O3S/c1-9-4-3-5-10(8-9)15-7-6-12(2)16(11,13)14/h3-5,8H,6-7H2,1-2H3,(H2,11,13,14). The maximum absolute atomic E-state index is 10.9. The lowest BCUT2D eigenvalue weighted by Gasteiger charge is -2.14. The van der Waals surface area contributed by atoms with Crippen molar-refractivity contribution in [3.05, 3.63) is 29.8 Å². The molecule has 0 atom stereocenters. The monoisotopic (exact) mass is 244 g/mol. The van der Waals surface area contributed by atoms with Gasteiger partial charge in [-0.25, -0.2) is 5.14 Å². The first-order chi connectivity index (χ1) is 7.39. The van der Waals surface area contributed by atoms with Crippen molar-refractivity contribution in [2.75, 3.05) is 20.2 Å². The van der Waals surface area contributed by atoms with E-state index in [0.29, 0.717) is 0 Å². The predicted octanol–water partition coefficient (Wildman–Crippen LogP) is 0.509. The Morgan fingerprint density at radius 2 is 2.12 bits per heavy atom. The van der Waals surface area contributed by atoms with Gasteiger partial charge in [-0.1, -0.05) is 12.1 Å². The van der Waals surface area contributed by atoms with E-state index >= 15 is 0 Å². The van der Waals surface area contributed by atoms with Crippen molar-refractivity contribution >= 4 is 10.2 Å². The van der Waals surface area contributed by atoms with E-state index in [1.165, 1.54) is 7.05 Å². The molecule has 16 heavy (non-hydrogen) atoms. The molecular weight excluding hydrogens is 228 g/mol. The average molecular weight is 244 g/mol. The molecule has 0 aliphatic rings. The molecule has 0 fully saturated rings. The van der Waals surface area contributed by atoms with Crippen LogP contribution < -0.4 is 9.88 Å². The molecule has 0 spiro atoms. The van der Waals surface area contributed by atoms with Crippen LogP contribution in [0.5, 0.6) is 5.75 Å². The van der Waals surface area contributed by atoms with E-state index in [1.807, 2.05) is 31.2 Å². The molecule has 0 saturated carbocycles. The zero-order valence-corrected chi connectivity index (χ0v) is 10.2. The Kier molecular flexibility index (Phi) is 4.28. The number of nitrogens with two attached hydrogens (primary N) is 1. The predicted molar refractivity (Wildman–Crippen MR) is 62.4 cm³/mol. The Hall–Kier alpha value is -1.11. The minimum Gasteiger partial charge on any atom is -0.492 e. The highest BCUT2D eigenvalue weighted by atomic mass is 32.2. The van der Waals surface area contributed by atoms with E-state index < -0.39 is 10.2 Å². The molecular formula is C10H16N2O3S. The number of benzene rings is 1. The highest BCUT2D eigenvalue weighted by molar-refractivity contribution is 7.86. The fraction of sp³-hybridized carbons (Fsp3) is 0.400. The second-order valence-corrected chi connectivity index (χ2v) is 5.18. The average Bonchev–Trinajstić information content (AvgIpc) is 2.16. The fourth-order valence-corrected chi connectivity index (χ4v) is 1.45. The van der Waals surface area contributed by atoms with Crippen LogP contribution in [0.3, 0.4) is 0 Å². The Morgan fingerprint density at radius 3 is 2.69 bits per heavy atom. The molecule has 0 heterocycles.